The fourth-order valence-electron chi connectivity index (χ4n) is 3.38. The molecule has 3 rings (SSSR count). The number of ether oxygens (including phenoxy) is 1. The molecule has 1 saturated heterocycles. The molecule has 0 spiro atoms. The Labute approximate surface area is 173 Å². The molecule has 1 aliphatic heterocycles. The third-order valence-electron chi connectivity index (χ3n) is 4.53. The average molecular weight is 472 g/mol. The average Bonchev–Trinajstić information content (AvgIpc) is 2.62. The molecule has 2 aromatic carbocycles. The molecule has 0 radical (unpaired) electrons. The Hall–Kier alpha value is -1.84. The maximum atomic E-state index is 13.8. The topological polar surface area (TPSA) is 70.7 Å². The van der Waals surface area contributed by atoms with Crippen molar-refractivity contribution in [1.82, 2.24) is 5.32 Å². The number of nitrogens with one attached hydrogen (secondary N) is 2. The van der Waals surface area contributed by atoms with E-state index in [4.69, 9.17) is 4.74 Å². The minimum absolute atomic E-state index is 0.144. The van der Waals surface area contributed by atoms with Crippen molar-refractivity contribution in [1.29, 1.82) is 0 Å². The van der Waals surface area contributed by atoms with Crippen LogP contribution in [0.5, 0.6) is 5.75 Å². The molecule has 1 aliphatic rings. The van der Waals surface area contributed by atoms with Gasteiger partial charge < -0.3 is 15.0 Å². The number of piperazine rings is 1. The van der Waals surface area contributed by atoms with E-state index in [9.17, 15) is 12.8 Å². The first-order chi connectivity index (χ1) is 13.2. The Morgan fingerprint density at radius 3 is 2.46 bits per heavy atom. The number of rotatable bonds is 5. The second-order valence-electron chi connectivity index (χ2n) is 6.94. The molecule has 1 fully saturated rings. The van der Waals surface area contributed by atoms with Crippen LogP contribution in [-0.4, -0.2) is 40.7 Å². The summed E-state index contributed by atoms with van der Waals surface area (Å²) in [5.41, 5.74) is 1.20. The molecule has 2 atom stereocenters. The molecule has 28 heavy (non-hydrogen) atoms. The van der Waals surface area contributed by atoms with Crippen molar-refractivity contribution in [2.75, 3.05) is 29.8 Å². The molecule has 0 saturated carbocycles. The summed E-state index contributed by atoms with van der Waals surface area (Å²) >= 11 is 3.03. The van der Waals surface area contributed by atoms with Crippen molar-refractivity contribution in [2.45, 2.75) is 30.8 Å². The number of methoxy groups -OCH3 is 1. The molecule has 0 bridgehead atoms. The van der Waals surface area contributed by atoms with Crippen LogP contribution in [0.4, 0.5) is 15.8 Å². The normalized spacial score (nSPS) is 20.1. The van der Waals surface area contributed by atoms with Gasteiger partial charge in [0.1, 0.15) is 11.6 Å². The van der Waals surface area contributed by atoms with Crippen molar-refractivity contribution >= 4 is 37.3 Å². The van der Waals surface area contributed by atoms with Gasteiger partial charge in [0.05, 0.1) is 27.9 Å². The first-order valence-corrected chi connectivity index (χ1v) is 11.1. The summed E-state index contributed by atoms with van der Waals surface area (Å²) in [5, 5.41) is 3.47. The van der Waals surface area contributed by atoms with E-state index in [1.165, 1.54) is 12.1 Å². The second kappa shape index (κ2) is 8.26. The maximum Gasteiger partial charge on any atom is 0.261 e. The third-order valence-corrected chi connectivity index (χ3v) is 6.55. The molecule has 2 aromatic rings. The van der Waals surface area contributed by atoms with E-state index in [0.29, 0.717) is 23.5 Å². The van der Waals surface area contributed by atoms with Gasteiger partial charge in [-0.25, -0.2) is 12.8 Å². The molecule has 152 valence electrons. The quantitative estimate of drug-likeness (QED) is 0.697. The smallest absolute Gasteiger partial charge is 0.261 e. The summed E-state index contributed by atoms with van der Waals surface area (Å²) in [6.45, 7) is 5.75. The highest BCUT2D eigenvalue weighted by molar-refractivity contribution is 9.10. The summed E-state index contributed by atoms with van der Waals surface area (Å²) < 4.78 is 47.3. The molecule has 6 nitrogen and oxygen atoms in total. The van der Waals surface area contributed by atoms with E-state index >= 15 is 0 Å². The fraction of sp³-hybridized carbons (Fsp3) is 0.368. The standard InChI is InChI=1S/C19H23BrFN3O3S/c1-12-10-24(11-13(2)22-12)18-8-14(4-7-19(18)27-3)23-28(25,26)15-5-6-16(20)17(21)9-15/h4-9,12-13,22-23H,10-11H2,1-3H3/t12-,13+. The predicted octanol–water partition coefficient (Wildman–Crippen LogP) is 3.58. The number of sulfonamides is 1. The summed E-state index contributed by atoms with van der Waals surface area (Å²) in [6.07, 6.45) is 0. The lowest BCUT2D eigenvalue weighted by Crippen LogP contribution is -2.54. The van der Waals surface area contributed by atoms with Crippen LogP contribution in [-0.2, 0) is 10.0 Å². The first kappa shape index (κ1) is 20.9. The molecular formula is C19H23BrFN3O3S. The highest BCUT2D eigenvalue weighted by Crippen LogP contribution is 2.33. The van der Waals surface area contributed by atoms with Crippen LogP contribution in [0.15, 0.2) is 45.8 Å². The minimum Gasteiger partial charge on any atom is -0.495 e. The van der Waals surface area contributed by atoms with Crippen molar-refractivity contribution in [2.24, 2.45) is 0 Å². The van der Waals surface area contributed by atoms with Gasteiger partial charge >= 0.3 is 0 Å². The van der Waals surface area contributed by atoms with Gasteiger partial charge in [0, 0.05) is 25.2 Å². The maximum absolute atomic E-state index is 13.8. The van der Waals surface area contributed by atoms with E-state index in [-0.39, 0.29) is 9.37 Å². The number of benzene rings is 2. The van der Waals surface area contributed by atoms with Gasteiger partial charge in [-0.1, -0.05) is 0 Å². The monoisotopic (exact) mass is 471 g/mol. The summed E-state index contributed by atoms with van der Waals surface area (Å²) in [4.78, 5) is 2.02. The van der Waals surface area contributed by atoms with Gasteiger partial charge in [-0.15, -0.1) is 0 Å². The molecule has 0 unspecified atom stereocenters. The van der Waals surface area contributed by atoms with E-state index in [1.807, 2.05) is 0 Å². The Kier molecular flexibility index (Phi) is 6.16. The van der Waals surface area contributed by atoms with E-state index in [1.54, 1.807) is 25.3 Å². The van der Waals surface area contributed by atoms with Crippen LogP contribution < -0.4 is 19.7 Å². The van der Waals surface area contributed by atoms with Gasteiger partial charge in [-0.3, -0.25) is 4.72 Å². The predicted molar refractivity (Wildman–Crippen MR) is 112 cm³/mol. The van der Waals surface area contributed by atoms with Crippen LogP contribution in [0.1, 0.15) is 13.8 Å². The second-order valence-corrected chi connectivity index (χ2v) is 9.48. The molecular weight excluding hydrogens is 449 g/mol. The zero-order valence-electron chi connectivity index (χ0n) is 15.9. The Bertz CT molecular complexity index is 961. The number of nitrogens with zero attached hydrogens (tertiary/aromatic N) is 1. The van der Waals surface area contributed by atoms with Crippen molar-refractivity contribution in [3.8, 4) is 5.75 Å². The van der Waals surface area contributed by atoms with Crippen LogP contribution in [0.25, 0.3) is 0 Å². The number of hydrogen-bond donors (Lipinski definition) is 2. The van der Waals surface area contributed by atoms with E-state index in [2.05, 4.69) is 44.7 Å². The lowest BCUT2D eigenvalue weighted by molar-refractivity contribution is 0.391. The highest BCUT2D eigenvalue weighted by atomic mass is 79.9. The van der Waals surface area contributed by atoms with E-state index in [0.717, 1.165) is 24.8 Å². The van der Waals surface area contributed by atoms with Crippen LogP contribution in [0.3, 0.4) is 0 Å². The van der Waals surface area contributed by atoms with Gasteiger partial charge in [0.15, 0.2) is 0 Å². The Morgan fingerprint density at radius 2 is 1.86 bits per heavy atom. The zero-order valence-corrected chi connectivity index (χ0v) is 18.3. The molecule has 0 aliphatic carbocycles. The largest absolute Gasteiger partial charge is 0.495 e. The fourth-order valence-corrected chi connectivity index (χ4v) is 4.69. The Balaban J connectivity index is 1.91. The first-order valence-electron chi connectivity index (χ1n) is 8.86. The SMILES string of the molecule is COc1ccc(NS(=O)(=O)c2ccc(Br)c(F)c2)cc1N1C[C@@H](C)N[C@@H](C)C1. The van der Waals surface area contributed by atoms with Crippen LogP contribution in [0, 0.1) is 5.82 Å². The van der Waals surface area contributed by atoms with Crippen LogP contribution >= 0.6 is 15.9 Å². The summed E-state index contributed by atoms with van der Waals surface area (Å²) in [6, 6.07) is 9.38. The summed E-state index contributed by atoms with van der Waals surface area (Å²) in [5.74, 6) is 0.0287. The van der Waals surface area contributed by atoms with Gasteiger partial charge in [0.25, 0.3) is 10.0 Å². The van der Waals surface area contributed by atoms with Gasteiger partial charge in [-0.05, 0) is 66.2 Å². The molecule has 9 heteroatoms. The minimum atomic E-state index is -3.92. The molecule has 0 amide bonds. The van der Waals surface area contributed by atoms with Crippen molar-refractivity contribution < 1.29 is 17.5 Å². The van der Waals surface area contributed by atoms with Crippen molar-refractivity contribution in [3.63, 3.8) is 0 Å². The lowest BCUT2D eigenvalue weighted by Gasteiger charge is -2.38. The zero-order chi connectivity index (χ0) is 20.5. The van der Waals surface area contributed by atoms with Gasteiger partial charge in [0.2, 0.25) is 0 Å². The lowest BCUT2D eigenvalue weighted by atomic mass is 10.1. The third kappa shape index (κ3) is 4.59. The molecule has 1 heterocycles. The number of halogens is 2. The van der Waals surface area contributed by atoms with Crippen molar-refractivity contribution in [3.05, 3.63) is 46.7 Å². The van der Waals surface area contributed by atoms with E-state index < -0.39 is 15.8 Å². The van der Waals surface area contributed by atoms with Crippen LogP contribution in [0.2, 0.25) is 0 Å². The number of hydrogen-bond acceptors (Lipinski definition) is 5. The molecule has 0 aromatic heterocycles. The summed E-state index contributed by atoms with van der Waals surface area (Å²) in [7, 11) is -2.34. The Morgan fingerprint density at radius 1 is 1.18 bits per heavy atom. The van der Waals surface area contributed by atoms with Gasteiger partial charge in [-0.2, -0.15) is 0 Å². The highest BCUT2D eigenvalue weighted by Gasteiger charge is 2.24. The number of anilines is 2. The molecule has 2 N–H and O–H groups in total.